The van der Waals surface area contributed by atoms with Crippen molar-refractivity contribution in [3.8, 4) is 11.1 Å². The highest BCUT2D eigenvalue weighted by Crippen LogP contribution is 2.37. The van der Waals surface area contributed by atoms with Crippen molar-refractivity contribution >= 4 is 28.7 Å². The molecular weight excluding hydrogens is 385 g/mol. The smallest absolute Gasteiger partial charge is 0.252 e. The summed E-state index contributed by atoms with van der Waals surface area (Å²) in [5.41, 5.74) is 7.94. The van der Waals surface area contributed by atoms with Crippen LogP contribution in [0.2, 0.25) is 0 Å². The molecule has 8 heteroatoms. The van der Waals surface area contributed by atoms with Crippen LogP contribution < -0.4 is 16.4 Å². The third-order valence-electron chi connectivity index (χ3n) is 5.62. The molecule has 4 rings (SSSR count). The fourth-order valence-corrected chi connectivity index (χ4v) is 4.06. The van der Waals surface area contributed by atoms with Crippen molar-refractivity contribution in [1.29, 1.82) is 0 Å². The molecule has 0 bridgehead atoms. The highest BCUT2D eigenvalue weighted by Gasteiger charge is 2.39. The van der Waals surface area contributed by atoms with Crippen LogP contribution in [0.5, 0.6) is 0 Å². The number of amides is 2. The van der Waals surface area contributed by atoms with Crippen LogP contribution in [0.3, 0.4) is 0 Å². The van der Waals surface area contributed by atoms with Gasteiger partial charge in [-0.05, 0) is 49.9 Å². The van der Waals surface area contributed by atoms with Gasteiger partial charge in [0.1, 0.15) is 5.67 Å². The monoisotopic (exact) mass is 409 g/mol. The maximum atomic E-state index is 14.9. The average Bonchev–Trinajstić information content (AvgIpc) is 3.25. The zero-order chi connectivity index (χ0) is 21.5. The minimum Gasteiger partial charge on any atom is -0.377 e. The second kappa shape index (κ2) is 7.44. The third kappa shape index (κ3) is 3.72. The number of carbonyl (C=O) groups is 2. The van der Waals surface area contributed by atoms with Crippen molar-refractivity contribution in [2.75, 3.05) is 10.6 Å². The summed E-state index contributed by atoms with van der Waals surface area (Å²) in [6.45, 7) is 3.03. The van der Waals surface area contributed by atoms with Gasteiger partial charge >= 0.3 is 0 Å². The van der Waals surface area contributed by atoms with Gasteiger partial charge in [0.2, 0.25) is 5.91 Å². The molecule has 2 atom stereocenters. The lowest BCUT2D eigenvalue weighted by Gasteiger charge is -2.26. The van der Waals surface area contributed by atoms with E-state index in [4.69, 9.17) is 5.73 Å². The third-order valence-corrected chi connectivity index (χ3v) is 5.62. The van der Waals surface area contributed by atoms with Crippen LogP contribution in [-0.2, 0) is 4.79 Å². The van der Waals surface area contributed by atoms with E-state index in [1.807, 2.05) is 30.5 Å². The number of carbonyl (C=O) groups excluding carboxylic acids is 2. The van der Waals surface area contributed by atoms with Crippen LogP contribution >= 0.6 is 0 Å². The number of nitrogens with one attached hydrogen (secondary N) is 2. The van der Waals surface area contributed by atoms with Crippen LogP contribution in [0.1, 0.15) is 43.5 Å². The first-order chi connectivity index (χ1) is 14.2. The molecule has 1 fully saturated rings. The standard InChI is InChI=1S/C22H24FN5O2/c1-13(29)26-16-6-3-5-14(9-16)15-10-18-20(27-19-7-4-8-22(19,2)23)17(21(24)30)11-25-28(18)12-15/h3,5-6,9-12,19,27H,4,7-8H2,1-2H3,(H2,24,30)(H,26,29)/t19-,22+/m1/s1. The van der Waals surface area contributed by atoms with Crippen LogP contribution in [0.25, 0.3) is 16.6 Å². The molecule has 30 heavy (non-hydrogen) atoms. The van der Waals surface area contributed by atoms with Gasteiger partial charge in [-0.25, -0.2) is 8.91 Å². The van der Waals surface area contributed by atoms with E-state index in [2.05, 4.69) is 15.7 Å². The number of benzene rings is 1. The normalized spacial score (nSPS) is 21.0. The van der Waals surface area contributed by atoms with Crippen molar-refractivity contribution in [2.24, 2.45) is 5.73 Å². The van der Waals surface area contributed by atoms with Crippen molar-refractivity contribution in [3.05, 3.63) is 48.3 Å². The van der Waals surface area contributed by atoms with Crippen LogP contribution in [0.4, 0.5) is 15.8 Å². The molecule has 156 valence electrons. The Balaban J connectivity index is 1.79. The number of primary amides is 1. The van der Waals surface area contributed by atoms with E-state index in [-0.39, 0.29) is 11.5 Å². The molecule has 3 aromatic rings. The first-order valence-corrected chi connectivity index (χ1v) is 9.89. The number of fused-ring (bicyclic) bond motifs is 1. The summed E-state index contributed by atoms with van der Waals surface area (Å²) in [5.74, 6) is -0.777. The molecular formula is C22H24FN5O2. The topological polar surface area (TPSA) is 102 Å². The molecule has 0 saturated heterocycles. The van der Waals surface area contributed by atoms with Gasteiger partial charge in [0.15, 0.2) is 0 Å². The van der Waals surface area contributed by atoms with Crippen LogP contribution in [-0.4, -0.2) is 33.1 Å². The predicted octanol–water partition coefficient (Wildman–Crippen LogP) is 3.75. The molecule has 1 aliphatic carbocycles. The molecule has 1 aromatic carbocycles. The van der Waals surface area contributed by atoms with Gasteiger partial charge in [-0.15, -0.1) is 0 Å². The van der Waals surface area contributed by atoms with Crippen molar-refractivity contribution in [1.82, 2.24) is 9.61 Å². The Labute approximate surface area is 173 Å². The van der Waals surface area contributed by atoms with E-state index in [0.717, 1.165) is 17.5 Å². The highest BCUT2D eigenvalue weighted by molar-refractivity contribution is 6.02. The Morgan fingerprint density at radius 2 is 2.10 bits per heavy atom. The van der Waals surface area contributed by atoms with Crippen LogP contribution in [0, 0.1) is 0 Å². The zero-order valence-corrected chi connectivity index (χ0v) is 16.9. The summed E-state index contributed by atoms with van der Waals surface area (Å²) >= 11 is 0. The van der Waals surface area contributed by atoms with Crippen LogP contribution in [0.15, 0.2) is 42.7 Å². The molecule has 1 aliphatic rings. The number of nitrogens with two attached hydrogens (primary N) is 1. The van der Waals surface area contributed by atoms with Gasteiger partial charge in [0.05, 0.1) is 29.0 Å². The van der Waals surface area contributed by atoms with Crippen molar-refractivity contribution < 1.29 is 14.0 Å². The minimum absolute atomic E-state index is 0.153. The van der Waals surface area contributed by atoms with Gasteiger partial charge < -0.3 is 16.4 Å². The number of aromatic nitrogens is 2. The number of nitrogens with zero attached hydrogens (tertiary/aromatic N) is 2. The van der Waals surface area contributed by atoms with E-state index >= 15 is 0 Å². The van der Waals surface area contributed by atoms with Gasteiger partial charge in [-0.2, -0.15) is 5.10 Å². The predicted molar refractivity (Wildman–Crippen MR) is 114 cm³/mol. The number of hydrogen-bond donors (Lipinski definition) is 3. The molecule has 2 amide bonds. The number of halogens is 1. The summed E-state index contributed by atoms with van der Waals surface area (Å²) in [6, 6.07) is 8.88. The molecule has 2 aromatic heterocycles. The second-order valence-electron chi connectivity index (χ2n) is 7.99. The number of anilines is 2. The molecule has 0 unspecified atom stereocenters. The molecule has 2 heterocycles. The van der Waals surface area contributed by atoms with Crippen molar-refractivity contribution in [3.63, 3.8) is 0 Å². The van der Waals surface area contributed by atoms with E-state index in [9.17, 15) is 14.0 Å². The number of hydrogen-bond acceptors (Lipinski definition) is 4. The summed E-state index contributed by atoms with van der Waals surface area (Å²) in [5, 5.41) is 10.3. The molecule has 0 radical (unpaired) electrons. The summed E-state index contributed by atoms with van der Waals surface area (Å²) in [6.07, 6.45) is 5.15. The Bertz CT molecular complexity index is 1140. The van der Waals surface area contributed by atoms with E-state index < -0.39 is 17.6 Å². The Morgan fingerprint density at radius 1 is 1.30 bits per heavy atom. The minimum atomic E-state index is -1.36. The zero-order valence-electron chi connectivity index (χ0n) is 16.9. The fourth-order valence-electron chi connectivity index (χ4n) is 4.06. The number of rotatable bonds is 5. The quantitative estimate of drug-likeness (QED) is 0.597. The number of alkyl halides is 1. The van der Waals surface area contributed by atoms with Crippen molar-refractivity contribution in [2.45, 2.75) is 44.8 Å². The molecule has 7 nitrogen and oxygen atoms in total. The maximum absolute atomic E-state index is 14.9. The Morgan fingerprint density at radius 3 is 2.77 bits per heavy atom. The summed E-state index contributed by atoms with van der Waals surface area (Å²) < 4.78 is 16.5. The average molecular weight is 409 g/mol. The lowest BCUT2D eigenvalue weighted by molar-refractivity contribution is -0.114. The summed E-state index contributed by atoms with van der Waals surface area (Å²) in [4.78, 5) is 23.4. The lowest BCUT2D eigenvalue weighted by Crippen LogP contribution is -2.36. The SMILES string of the molecule is CC(=O)Nc1cccc(-c2cc3c(N[C@@H]4CCC[C@]4(C)F)c(C(N)=O)cnn3c2)c1. The fraction of sp³-hybridized carbons (Fsp3) is 0.318. The lowest BCUT2D eigenvalue weighted by atomic mass is 10.0. The van der Waals surface area contributed by atoms with Gasteiger partial charge in [0.25, 0.3) is 5.91 Å². The molecule has 0 spiro atoms. The maximum Gasteiger partial charge on any atom is 0.252 e. The summed E-state index contributed by atoms with van der Waals surface area (Å²) in [7, 11) is 0. The highest BCUT2D eigenvalue weighted by atomic mass is 19.1. The van der Waals surface area contributed by atoms with E-state index in [0.29, 0.717) is 29.7 Å². The first-order valence-electron chi connectivity index (χ1n) is 9.89. The Hall–Kier alpha value is -3.42. The Kier molecular flexibility index (Phi) is 4.93. The first kappa shape index (κ1) is 19.9. The molecule has 0 aliphatic heterocycles. The van der Waals surface area contributed by atoms with Gasteiger partial charge in [0, 0.05) is 24.4 Å². The molecule has 4 N–H and O–H groups in total. The largest absolute Gasteiger partial charge is 0.377 e. The van der Waals surface area contributed by atoms with Gasteiger partial charge in [-0.3, -0.25) is 9.59 Å². The van der Waals surface area contributed by atoms with E-state index in [1.165, 1.54) is 13.1 Å². The van der Waals surface area contributed by atoms with E-state index in [1.54, 1.807) is 17.5 Å². The molecule has 1 saturated carbocycles. The van der Waals surface area contributed by atoms with Gasteiger partial charge in [-0.1, -0.05) is 12.1 Å². The second-order valence-corrected chi connectivity index (χ2v) is 7.99.